The minimum Gasteiger partial charge on any atom is -0.497 e. The first-order valence-corrected chi connectivity index (χ1v) is 5.81. The van der Waals surface area contributed by atoms with Crippen molar-refractivity contribution in [2.75, 3.05) is 7.11 Å². The molecule has 1 aromatic rings. The van der Waals surface area contributed by atoms with Crippen molar-refractivity contribution >= 4 is 64.3 Å². The van der Waals surface area contributed by atoms with Crippen LogP contribution < -0.4 is 4.74 Å². The van der Waals surface area contributed by atoms with Crippen LogP contribution in [0.1, 0.15) is 0 Å². The molecule has 0 saturated carbocycles. The van der Waals surface area contributed by atoms with E-state index in [-0.39, 0.29) is 0 Å². The second kappa shape index (κ2) is 5.35. The number of aliphatic imine (C=N–C) groups is 1. The van der Waals surface area contributed by atoms with Crippen molar-refractivity contribution in [1.29, 1.82) is 0 Å². The van der Waals surface area contributed by atoms with Gasteiger partial charge < -0.3 is 4.74 Å². The molecule has 6 heteroatoms. The second-order valence-corrected chi connectivity index (χ2v) is 5.67. The van der Waals surface area contributed by atoms with Gasteiger partial charge in [-0.2, -0.15) is 0 Å². The molecule has 0 bridgehead atoms. The van der Waals surface area contributed by atoms with Crippen LogP contribution in [0.15, 0.2) is 17.1 Å². The van der Waals surface area contributed by atoms with Gasteiger partial charge in [0.05, 0.1) is 17.2 Å². The third-order valence-corrected chi connectivity index (χ3v) is 2.35. The van der Waals surface area contributed by atoms with Crippen molar-refractivity contribution in [3.8, 4) is 5.75 Å². The molecule has 76 valence electrons. The standard InChI is InChI=1S/C8H5Br2Cl2NO/c1-14-4-2-5(11)7(6(12)3-4)13-8(9)10/h2-3H,1H3. The summed E-state index contributed by atoms with van der Waals surface area (Å²) in [7, 11) is 1.55. The maximum absolute atomic E-state index is 5.94. The summed E-state index contributed by atoms with van der Waals surface area (Å²) >= 11 is 18.2. The fraction of sp³-hybridized carbons (Fsp3) is 0.125. The zero-order valence-corrected chi connectivity index (χ0v) is 11.7. The summed E-state index contributed by atoms with van der Waals surface area (Å²) in [5, 5.41) is 0.872. The van der Waals surface area contributed by atoms with Crippen LogP contribution in [-0.4, -0.2) is 10.6 Å². The van der Waals surface area contributed by atoms with Crippen LogP contribution in [0.2, 0.25) is 10.0 Å². The molecule has 0 N–H and O–H groups in total. The Kier molecular flexibility index (Phi) is 4.70. The predicted molar refractivity (Wildman–Crippen MR) is 68.0 cm³/mol. The highest BCUT2D eigenvalue weighted by atomic mass is 79.9. The lowest BCUT2D eigenvalue weighted by Crippen LogP contribution is -1.83. The number of benzene rings is 1. The monoisotopic (exact) mass is 359 g/mol. The zero-order chi connectivity index (χ0) is 10.7. The topological polar surface area (TPSA) is 21.6 Å². The highest BCUT2D eigenvalue weighted by Gasteiger charge is 2.07. The molecule has 1 rings (SSSR count). The van der Waals surface area contributed by atoms with Gasteiger partial charge >= 0.3 is 0 Å². The molecule has 0 amide bonds. The van der Waals surface area contributed by atoms with Gasteiger partial charge in [-0.15, -0.1) is 0 Å². The van der Waals surface area contributed by atoms with E-state index in [1.807, 2.05) is 0 Å². The van der Waals surface area contributed by atoms with E-state index in [0.717, 1.165) is 0 Å². The summed E-state index contributed by atoms with van der Waals surface area (Å²) in [5.41, 5.74) is 0.498. The lowest BCUT2D eigenvalue weighted by Gasteiger charge is -2.05. The lowest BCUT2D eigenvalue weighted by molar-refractivity contribution is 0.415. The highest BCUT2D eigenvalue weighted by molar-refractivity contribution is 9.39. The van der Waals surface area contributed by atoms with Crippen LogP contribution in [0.4, 0.5) is 5.69 Å². The van der Waals surface area contributed by atoms with Gasteiger partial charge in [-0.3, -0.25) is 0 Å². The molecule has 1 aromatic carbocycles. The SMILES string of the molecule is COc1cc(Cl)c(N=C(Br)Br)c(Cl)c1. The molecule has 14 heavy (non-hydrogen) atoms. The first kappa shape index (κ1) is 12.3. The van der Waals surface area contributed by atoms with Gasteiger partial charge in [-0.05, 0) is 31.9 Å². The summed E-state index contributed by atoms with van der Waals surface area (Å²) < 4.78 is 5.52. The first-order valence-electron chi connectivity index (χ1n) is 3.47. The smallest absolute Gasteiger partial charge is 0.149 e. The summed E-state index contributed by atoms with van der Waals surface area (Å²) in [6, 6.07) is 3.30. The maximum atomic E-state index is 5.94. The van der Waals surface area contributed by atoms with Crippen LogP contribution in [-0.2, 0) is 0 Å². The van der Waals surface area contributed by atoms with E-state index in [0.29, 0.717) is 25.0 Å². The molecule has 0 heterocycles. The van der Waals surface area contributed by atoms with Crippen LogP contribution >= 0.6 is 55.1 Å². The number of rotatable bonds is 2. The first-order chi connectivity index (χ1) is 6.54. The largest absolute Gasteiger partial charge is 0.497 e. The summed E-state index contributed by atoms with van der Waals surface area (Å²) in [6.45, 7) is 0. The van der Waals surface area contributed by atoms with Crippen LogP contribution in [0.5, 0.6) is 5.75 Å². The van der Waals surface area contributed by atoms with Gasteiger partial charge in [0, 0.05) is 12.1 Å². The summed E-state index contributed by atoms with van der Waals surface area (Å²) in [4.78, 5) is 4.06. The highest BCUT2D eigenvalue weighted by Crippen LogP contribution is 2.37. The van der Waals surface area contributed by atoms with E-state index in [4.69, 9.17) is 27.9 Å². The van der Waals surface area contributed by atoms with Crippen molar-refractivity contribution in [3.63, 3.8) is 0 Å². The minimum absolute atomic E-state index is 0.436. The second-order valence-electron chi connectivity index (χ2n) is 2.29. The van der Waals surface area contributed by atoms with Crippen LogP contribution in [0, 0.1) is 0 Å². The van der Waals surface area contributed by atoms with Gasteiger partial charge in [0.2, 0.25) is 0 Å². The van der Waals surface area contributed by atoms with E-state index in [1.165, 1.54) is 0 Å². The number of ether oxygens (including phenoxy) is 1. The molecule has 0 unspecified atom stereocenters. The van der Waals surface area contributed by atoms with E-state index in [2.05, 4.69) is 36.9 Å². The minimum atomic E-state index is 0.436. The van der Waals surface area contributed by atoms with Crippen molar-refractivity contribution in [1.82, 2.24) is 0 Å². The van der Waals surface area contributed by atoms with E-state index in [1.54, 1.807) is 19.2 Å². The van der Waals surface area contributed by atoms with E-state index < -0.39 is 0 Å². The molecule has 0 fully saturated rings. The molecule has 0 aliphatic heterocycles. The van der Waals surface area contributed by atoms with E-state index >= 15 is 0 Å². The van der Waals surface area contributed by atoms with Crippen LogP contribution in [0.25, 0.3) is 0 Å². The molecule has 0 spiro atoms. The Morgan fingerprint density at radius 2 is 1.79 bits per heavy atom. The third kappa shape index (κ3) is 3.12. The van der Waals surface area contributed by atoms with Crippen LogP contribution in [0.3, 0.4) is 0 Å². The third-order valence-electron chi connectivity index (χ3n) is 1.42. The van der Waals surface area contributed by atoms with Gasteiger partial charge in [0.25, 0.3) is 0 Å². The lowest BCUT2D eigenvalue weighted by atomic mass is 10.3. The fourth-order valence-corrected chi connectivity index (χ4v) is 1.76. The zero-order valence-electron chi connectivity index (χ0n) is 7.02. The molecule has 0 aliphatic rings. The summed E-state index contributed by atoms with van der Waals surface area (Å²) in [6.07, 6.45) is 0. The molecule has 0 atom stereocenters. The number of hydrogen-bond donors (Lipinski definition) is 0. The van der Waals surface area contributed by atoms with Crippen molar-refractivity contribution in [2.45, 2.75) is 0 Å². The molecule has 0 radical (unpaired) electrons. The molecular weight excluding hydrogens is 357 g/mol. The number of halogens is 4. The number of nitrogens with zero attached hydrogens (tertiary/aromatic N) is 1. The molecule has 0 saturated heterocycles. The quantitative estimate of drug-likeness (QED) is 0.695. The molecule has 0 aliphatic carbocycles. The Hall–Kier alpha value is 0.230. The fourth-order valence-electron chi connectivity index (χ4n) is 0.851. The molecule has 2 nitrogen and oxygen atoms in total. The van der Waals surface area contributed by atoms with Crippen molar-refractivity contribution in [2.24, 2.45) is 4.99 Å². The Morgan fingerprint density at radius 1 is 1.29 bits per heavy atom. The molecular formula is C8H5Br2Cl2NO. The Labute approximate surface area is 109 Å². The number of methoxy groups -OCH3 is 1. The van der Waals surface area contributed by atoms with Gasteiger partial charge in [-0.25, -0.2) is 4.99 Å². The van der Waals surface area contributed by atoms with E-state index in [9.17, 15) is 0 Å². The Morgan fingerprint density at radius 3 is 2.14 bits per heavy atom. The average Bonchev–Trinajstić information content (AvgIpc) is 2.10. The average molecular weight is 362 g/mol. The Bertz CT molecular complexity index is 355. The molecule has 0 aromatic heterocycles. The van der Waals surface area contributed by atoms with Gasteiger partial charge in [0.15, 0.2) is 0 Å². The normalized spacial score (nSPS) is 9.79. The summed E-state index contributed by atoms with van der Waals surface area (Å²) in [5.74, 6) is 0.602. The van der Waals surface area contributed by atoms with Gasteiger partial charge in [-0.1, -0.05) is 23.2 Å². The van der Waals surface area contributed by atoms with Crippen molar-refractivity contribution < 1.29 is 4.74 Å². The predicted octanol–water partition coefficient (Wildman–Crippen LogP) is 4.78. The van der Waals surface area contributed by atoms with Gasteiger partial charge in [0.1, 0.15) is 15.0 Å². The number of hydrogen-bond acceptors (Lipinski definition) is 2. The maximum Gasteiger partial charge on any atom is 0.149 e. The Balaban J connectivity index is 3.25. The van der Waals surface area contributed by atoms with Crippen molar-refractivity contribution in [3.05, 3.63) is 22.2 Å².